The molecule has 0 aliphatic rings. The van der Waals surface area contributed by atoms with Crippen molar-refractivity contribution in [3.63, 3.8) is 0 Å². The van der Waals surface area contributed by atoms with Crippen LogP contribution in [0.25, 0.3) is 0 Å². The number of nitrogens with one attached hydrogen (secondary N) is 1. The van der Waals surface area contributed by atoms with Gasteiger partial charge in [-0.25, -0.2) is 17.4 Å². The number of hydrogen-bond donors (Lipinski definition) is 1. The maximum Gasteiger partial charge on any atom is 0.249 e. The van der Waals surface area contributed by atoms with Crippen LogP contribution in [-0.4, -0.2) is 52.9 Å². The van der Waals surface area contributed by atoms with Crippen LogP contribution in [0, 0.1) is 6.92 Å². The molecule has 2 aromatic carbocycles. The molecule has 1 N–H and O–H groups in total. The van der Waals surface area contributed by atoms with Crippen molar-refractivity contribution >= 4 is 21.6 Å². The fourth-order valence-corrected chi connectivity index (χ4v) is 3.71. The van der Waals surface area contributed by atoms with Crippen LogP contribution in [0.5, 0.6) is 0 Å². The van der Waals surface area contributed by atoms with Gasteiger partial charge in [0.1, 0.15) is 12.4 Å². The number of carbonyl (C=O) groups is 1. The molecule has 10 heteroatoms. The van der Waals surface area contributed by atoms with Crippen molar-refractivity contribution in [3.05, 3.63) is 66.0 Å². The molecule has 3 aromatic rings. The van der Waals surface area contributed by atoms with Gasteiger partial charge < -0.3 is 5.32 Å². The molecule has 0 fully saturated rings. The molecule has 152 valence electrons. The van der Waals surface area contributed by atoms with Gasteiger partial charge in [-0.15, -0.1) is 5.10 Å². The summed E-state index contributed by atoms with van der Waals surface area (Å²) in [7, 11) is -0.701. The van der Waals surface area contributed by atoms with Crippen molar-refractivity contribution in [1.29, 1.82) is 0 Å². The number of hydrogen-bond acceptors (Lipinski definition) is 6. The molecule has 0 radical (unpaired) electrons. The van der Waals surface area contributed by atoms with Crippen molar-refractivity contribution < 1.29 is 13.2 Å². The van der Waals surface area contributed by atoms with E-state index in [2.05, 4.69) is 20.8 Å². The summed E-state index contributed by atoms with van der Waals surface area (Å²) in [6.45, 7) is 1.80. The standard InChI is InChI=1S/C19H22N6O3S/c1-14-9-10-16(29(27,28)24(2)3)12-17(14)21-19(26)18(25-13-20-22-23-25)11-15-7-5-4-6-8-15/h4-10,12-13,18H,11H2,1-3H3,(H,21,26). The summed E-state index contributed by atoms with van der Waals surface area (Å²) in [6, 6.07) is 13.5. The van der Waals surface area contributed by atoms with E-state index >= 15 is 0 Å². The molecule has 0 aliphatic heterocycles. The van der Waals surface area contributed by atoms with Gasteiger partial charge in [0, 0.05) is 26.2 Å². The second-order valence-electron chi connectivity index (χ2n) is 6.75. The lowest BCUT2D eigenvalue weighted by molar-refractivity contribution is -0.119. The first-order chi connectivity index (χ1) is 13.8. The van der Waals surface area contributed by atoms with Crippen molar-refractivity contribution in [2.45, 2.75) is 24.3 Å². The first-order valence-corrected chi connectivity index (χ1v) is 10.3. The third-order valence-corrected chi connectivity index (χ3v) is 6.32. The minimum atomic E-state index is -3.62. The summed E-state index contributed by atoms with van der Waals surface area (Å²) in [5.41, 5.74) is 2.11. The van der Waals surface area contributed by atoms with E-state index in [1.54, 1.807) is 13.0 Å². The molecule has 1 heterocycles. The van der Waals surface area contributed by atoms with E-state index in [4.69, 9.17) is 0 Å². The van der Waals surface area contributed by atoms with Crippen LogP contribution in [0.2, 0.25) is 0 Å². The zero-order chi connectivity index (χ0) is 21.0. The normalized spacial score (nSPS) is 12.7. The fraction of sp³-hybridized carbons (Fsp3) is 0.263. The Kier molecular flexibility index (Phi) is 6.04. The highest BCUT2D eigenvalue weighted by atomic mass is 32.2. The predicted octanol–water partition coefficient (Wildman–Crippen LogP) is 1.65. The van der Waals surface area contributed by atoms with Crippen molar-refractivity contribution in [1.82, 2.24) is 24.5 Å². The minimum Gasteiger partial charge on any atom is -0.324 e. The Bertz CT molecular complexity index is 1080. The zero-order valence-electron chi connectivity index (χ0n) is 16.3. The van der Waals surface area contributed by atoms with E-state index in [0.29, 0.717) is 12.1 Å². The van der Waals surface area contributed by atoms with E-state index in [9.17, 15) is 13.2 Å². The average molecular weight is 414 g/mol. The maximum atomic E-state index is 13.1. The minimum absolute atomic E-state index is 0.102. The maximum absolute atomic E-state index is 13.1. The summed E-state index contributed by atoms with van der Waals surface area (Å²) in [4.78, 5) is 13.2. The molecule has 0 saturated carbocycles. The lowest BCUT2D eigenvalue weighted by Crippen LogP contribution is -2.29. The van der Waals surface area contributed by atoms with Crippen LogP contribution in [-0.2, 0) is 21.2 Å². The van der Waals surface area contributed by atoms with Crippen LogP contribution in [0.3, 0.4) is 0 Å². The van der Waals surface area contributed by atoms with Crippen LogP contribution in [0.4, 0.5) is 5.69 Å². The van der Waals surface area contributed by atoms with E-state index in [1.807, 2.05) is 30.3 Å². The Morgan fingerprint density at radius 2 is 1.90 bits per heavy atom. The molecule has 0 saturated heterocycles. The average Bonchev–Trinajstić information content (AvgIpc) is 3.22. The van der Waals surface area contributed by atoms with E-state index in [-0.39, 0.29) is 10.8 Å². The highest BCUT2D eigenvalue weighted by Crippen LogP contribution is 2.24. The van der Waals surface area contributed by atoms with Gasteiger partial charge in [-0.05, 0) is 40.6 Å². The molecule has 9 nitrogen and oxygen atoms in total. The van der Waals surface area contributed by atoms with Gasteiger partial charge in [0.25, 0.3) is 0 Å². The summed E-state index contributed by atoms with van der Waals surface area (Å²) >= 11 is 0. The van der Waals surface area contributed by atoms with E-state index in [1.165, 1.54) is 37.2 Å². The number of aryl methyl sites for hydroxylation is 1. The van der Waals surface area contributed by atoms with Gasteiger partial charge in [-0.3, -0.25) is 4.79 Å². The Hall–Kier alpha value is -3.11. The van der Waals surface area contributed by atoms with Crippen LogP contribution >= 0.6 is 0 Å². The van der Waals surface area contributed by atoms with Gasteiger partial charge in [0.2, 0.25) is 15.9 Å². The van der Waals surface area contributed by atoms with Crippen molar-refractivity contribution in [3.8, 4) is 0 Å². The molecule has 0 spiro atoms. The van der Waals surface area contributed by atoms with Crippen molar-refractivity contribution in [2.75, 3.05) is 19.4 Å². The molecule has 1 atom stereocenters. The monoisotopic (exact) mass is 414 g/mol. The molecule has 0 aliphatic carbocycles. The second kappa shape index (κ2) is 8.50. The van der Waals surface area contributed by atoms with Gasteiger partial charge in [-0.1, -0.05) is 36.4 Å². The largest absolute Gasteiger partial charge is 0.324 e. The summed E-state index contributed by atoms with van der Waals surface area (Å²) in [6.07, 6.45) is 1.76. The molecule has 1 amide bonds. The molecule has 1 unspecified atom stereocenters. The van der Waals surface area contributed by atoms with Gasteiger partial charge in [0.15, 0.2) is 0 Å². The van der Waals surface area contributed by atoms with Gasteiger partial charge >= 0.3 is 0 Å². The SMILES string of the molecule is Cc1ccc(S(=O)(=O)N(C)C)cc1NC(=O)C(Cc1ccccc1)n1cnnn1. The third kappa shape index (κ3) is 4.66. The molecule has 3 rings (SSSR count). The predicted molar refractivity (Wildman–Crippen MR) is 108 cm³/mol. The zero-order valence-corrected chi connectivity index (χ0v) is 17.2. The quantitative estimate of drug-likeness (QED) is 0.630. The first kappa shape index (κ1) is 20.6. The summed E-state index contributed by atoms with van der Waals surface area (Å²) in [5, 5.41) is 14.0. The number of amides is 1. The molecule has 29 heavy (non-hydrogen) atoms. The summed E-state index contributed by atoms with van der Waals surface area (Å²) < 4.78 is 27.4. The van der Waals surface area contributed by atoms with Gasteiger partial charge in [-0.2, -0.15) is 0 Å². The number of anilines is 1. The third-order valence-electron chi connectivity index (χ3n) is 4.50. The lowest BCUT2D eigenvalue weighted by Gasteiger charge is -2.18. The number of rotatable bonds is 7. The smallest absolute Gasteiger partial charge is 0.249 e. The molecule has 1 aromatic heterocycles. The lowest BCUT2D eigenvalue weighted by atomic mass is 10.1. The number of nitrogens with zero attached hydrogens (tertiary/aromatic N) is 5. The molecular weight excluding hydrogens is 392 g/mol. The molecular formula is C19H22N6O3S. The Labute approximate surface area is 169 Å². The highest BCUT2D eigenvalue weighted by molar-refractivity contribution is 7.89. The van der Waals surface area contributed by atoms with Crippen molar-refractivity contribution in [2.24, 2.45) is 0 Å². The first-order valence-electron chi connectivity index (χ1n) is 8.89. The number of benzene rings is 2. The Balaban J connectivity index is 1.90. The Morgan fingerprint density at radius 3 is 2.52 bits per heavy atom. The van der Waals surface area contributed by atoms with Crippen LogP contribution in [0.15, 0.2) is 59.8 Å². The Morgan fingerprint density at radius 1 is 1.17 bits per heavy atom. The fourth-order valence-electron chi connectivity index (χ4n) is 2.78. The van der Waals surface area contributed by atoms with Gasteiger partial charge in [0.05, 0.1) is 4.90 Å². The number of aromatic nitrogens is 4. The number of carbonyl (C=O) groups excluding carboxylic acids is 1. The second-order valence-corrected chi connectivity index (χ2v) is 8.90. The highest BCUT2D eigenvalue weighted by Gasteiger charge is 2.24. The van der Waals surface area contributed by atoms with Crippen LogP contribution in [0.1, 0.15) is 17.2 Å². The topological polar surface area (TPSA) is 110 Å². The molecule has 0 bridgehead atoms. The number of sulfonamides is 1. The van der Waals surface area contributed by atoms with E-state index in [0.717, 1.165) is 15.4 Å². The van der Waals surface area contributed by atoms with Crippen LogP contribution < -0.4 is 5.32 Å². The number of tetrazole rings is 1. The van der Waals surface area contributed by atoms with E-state index < -0.39 is 16.1 Å². The summed E-state index contributed by atoms with van der Waals surface area (Å²) in [5.74, 6) is -0.344.